The molecule has 0 aliphatic carbocycles. The van der Waals surface area contributed by atoms with Crippen molar-refractivity contribution in [2.45, 2.75) is 13.5 Å². The van der Waals surface area contributed by atoms with Gasteiger partial charge < -0.3 is 5.32 Å². The minimum Gasteiger partial charge on any atom is -0.365 e. The number of aromatic nitrogens is 4. The molecule has 0 aliphatic heterocycles. The van der Waals surface area contributed by atoms with Crippen LogP contribution in [0.15, 0.2) is 72.8 Å². The second kappa shape index (κ2) is 6.98. The highest BCUT2D eigenvalue weighted by molar-refractivity contribution is 5.93. The lowest BCUT2D eigenvalue weighted by Gasteiger charge is -2.11. The van der Waals surface area contributed by atoms with Gasteiger partial charge in [-0.1, -0.05) is 59.3 Å². The highest BCUT2D eigenvalue weighted by Gasteiger charge is 2.16. The fourth-order valence-electron chi connectivity index (χ4n) is 3.41. The van der Waals surface area contributed by atoms with E-state index in [0.717, 1.165) is 16.7 Å². The zero-order chi connectivity index (χ0) is 19.8. The van der Waals surface area contributed by atoms with Gasteiger partial charge in [0.15, 0.2) is 5.65 Å². The predicted octanol–water partition coefficient (Wildman–Crippen LogP) is 5.00. The third-order valence-electron chi connectivity index (χ3n) is 4.93. The van der Waals surface area contributed by atoms with Crippen LogP contribution in [0.2, 0.25) is 0 Å². The fourth-order valence-corrected chi connectivity index (χ4v) is 3.41. The predicted molar refractivity (Wildman–Crippen MR) is 112 cm³/mol. The lowest BCUT2D eigenvalue weighted by atomic mass is 10.1. The van der Waals surface area contributed by atoms with Crippen LogP contribution in [0, 0.1) is 12.7 Å². The molecule has 6 heteroatoms. The summed E-state index contributed by atoms with van der Waals surface area (Å²) >= 11 is 0. The van der Waals surface area contributed by atoms with Crippen molar-refractivity contribution in [3.63, 3.8) is 0 Å². The van der Waals surface area contributed by atoms with Gasteiger partial charge in [-0.2, -0.15) is 4.52 Å². The van der Waals surface area contributed by atoms with E-state index in [2.05, 4.69) is 46.8 Å². The van der Waals surface area contributed by atoms with Crippen molar-refractivity contribution in [1.82, 2.24) is 19.8 Å². The Hall–Kier alpha value is -3.80. The minimum absolute atomic E-state index is 0.317. The Morgan fingerprint density at radius 1 is 0.966 bits per heavy atom. The van der Waals surface area contributed by atoms with E-state index >= 15 is 0 Å². The fraction of sp³-hybridized carbons (Fsp3) is 0.0870. The number of para-hydroxylation sites is 1. The second-order valence-electron chi connectivity index (χ2n) is 7.00. The van der Waals surface area contributed by atoms with Crippen LogP contribution in [0.4, 0.5) is 10.2 Å². The molecule has 1 N–H and O–H groups in total. The zero-order valence-electron chi connectivity index (χ0n) is 15.8. The van der Waals surface area contributed by atoms with Crippen molar-refractivity contribution in [3.8, 4) is 11.3 Å². The molecule has 0 fully saturated rings. The van der Waals surface area contributed by atoms with Crippen LogP contribution >= 0.6 is 0 Å². The van der Waals surface area contributed by atoms with Crippen LogP contribution in [0.5, 0.6) is 0 Å². The van der Waals surface area contributed by atoms with Gasteiger partial charge in [-0.15, -0.1) is 5.10 Å². The van der Waals surface area contributed by atoms with Gasteiger partial charge in [0, 0.05) is 17.5 Å². The standard InChI is InChI=1S/C23H18FN5/c1-15-9-11-16(12-10-15)14-25-22-19-7-2-3-8-20(19)29-23(26-22)21(27-28-29)17-5-4-6-18(24)13-17/h2-13H,14H2,1H3,(H,25,26). The van der Waals surface area contributed by atoms with Gasteiger partial charge in [0.25, 0.3) is 0 Å². The molecule has 0 saturated carbocycles. The number of anilines is 1. The van der Waals surface area contributed by atoms with Crippen molar-refractivity contribution < 1.29 is 4.39 Å². The highest BCUT2D eigenvalue weighted by Crippen LogP contribution is 2.28. The average Bonchev–Trinajstić information content (AvgIpc) is 3.17. The Bertz CT molecular complexity index is 1320. The van der Waals surface area contributed by atoms with Crippen molar-refractivity contribution in [3.05, 3.63) is 89.7 Å². The van der Waals surface area contributed by atoms with Crippen LogP contribution in [0.1, 0.15) is 11.1 Å². The monoisotopic (exact) mass is 383 g/mol. The number of rotatable bonds is 4. The molecule has 0 radical (unpaired) electrons. The Balaban J connectivity index is 1.63. The number of nitrogens with one attached hydrogen (secondary N) is 1. The average molecular weight is 383 g/mol. The van der Waals surface area contributed by atoms with Crippen molar-refractivity contribution in [2.24, 2.45) is 0 Å². The summed E-state index contributed by atoms with van der Waals surface area (Å²) in [6, 6.07) is 22.6. The van der Waals surface area contributed by atoms with E-state index in [9.17, 15) is 4.39 Å². The summed E-state index contributed by atoms with van der Waals surface area (Å²) in [5, 5.41) is 12.9. The quantitative estimate of drug-likeness (QED) is 0.474. The van der Waals surface area contributed by atoms with Gasteiger partial charge in [-0.25, -0.2) is 9.37 Å². The molecule has 29 heavy (non-hydrogen) atoms. The molecule has 5 nitrogen and oxygen atoms in total. The van der Waals surface area contributed by atoms with Gasteiger partial charge in [0.05, 0.1) is 5.52 Å². The van der Waals surface area contributed by atoms with Crippen molar-refractivity contribution in [1.29, 1.82) is 0 Å². The first kappa shape index (κ1) is 17.3. The third kappa shape index (κ3) is 3.18. The number of hydrogen-bond acceptors (Lipinski definition) is 4. The third-order valence-corrected chi connectivity index (χ3v) is 4.93. The smallest absolute Gasteiger partial charge is 0.186 e. The molecule has 0 aliphatic rings. The zero-order valence-corrected chi connectivity index (χ0v) is 15.8. The van der Waals surface area contributed by atoms with E-state index in [4.69, 9.17) is 4.98 Å². The summed E-state index contributed by atoms with van der Waals surface area (Å²) in [6.07, 6.45) is 0. The van der Waals surface area contributed by atoms with Crippen molar-refractivity contribution in [2.75, 3.05) is 5.32 Å². The lowest BCUT2D eigenvalue weighted by molar-refractivity contribution is 0.628. The van der Waals surface area contributed by atoms with Crippen LogP contribution in [0.25, 0.3) is 27.8 Å². The SMILES string of the molecule is Cc1ccc(CNc2nc3c(-c4cccc(F)c4)nnn3c3ccccc23)cc1. The maximum atomic E-state index is 13.7. The van der Waals surface area contributed by atoms with Crippen LogP contribution < -0.4 is 5.32 Å². The molecule has 5 aromatic rings. The summed E-state index contributed by atoms with van der Waals surface area (Å²) in [7, 11) is 0. The highest BCUT2D eigenvalue weighted by atomic mass is 19.1. The molecular formula is C23H18FN5. The number of nitrogens with zero attached hydrogens (tertiary/aromatic N) is 4. The molecule has 142 valence electrons. The lowest BCUT2D eigenvalue weighted by Crippen LogP contribution is -2.05. The number of benzene rings is 3. The van der Waals surface area contributed by atoms with E-state index < -0.39 is 0 Å². The first-order valence-corrected chi connectivity index (χ1v) is 9.38. The molecule has 0 bridgehead atoms. The Morgan fingerprint density at radius 3 is 2.62 bits per heavy atom. The number of fused-ring (bicyclic) bond motifs is 3. The topological polar surface area (TPSA) is 55.1 Å². The van der Waals surface area contributed by atoms with Crippen LogP contribution in [-0.4, -0.2) is 19.8 Å². The van der Waals surface area contributed by atoms with E-state index in [0.29, 0.717) is 23.4 Å². The van der Waals surface area contributed by atoms with Gasteiger partial charge in [0.2, 0.25) is 0 Å². The first-order valence-electron chi connectivity index (χ1n) is 9.38. The summed E-state index contributed by atoms with van der Waals surface area (Å²) in [5.74, 6) is 0.427. The second-order valence-corrected chi connectivity index (χ2v) is 7.00. The van der Waals surface area contributed by atoms with Crippen LogP contribution in [0.3, 0.4) is 0 Å². The molecule has 0 amide bonds. The molecule has 2 heterocycles. The van der Waals surface area contributed by atoms with E-state index in [1.165, 1.54) is 23.3 Å². The molecule has 0 atom stereocenters. The number of halogens is 1. The Morgan fingerprint density at radius 2 is 1.79 bits per heavy atom. The summed E-state index contributed by atoms with van der Waals surface area (Å²) in [6.45, 7) is 2.71. The molecule has 0 saturated heterocycles. The molecule has 3 aromatic carbocycles. The first-order chi connectivity index (χ1) is 14.2. The van der Waals surface area contributed by atoms with Gasteiger partial charge in [0.1, 0.15) is 17.3 Å². The summed E-state index contributed by atoms with van der Waals surface area (Å²) in [4.78, 5) is 4.81. The molecule has 0 spiro atoms. The van der Waals surface area contributed by atoms with Crippen LogP contribution in [-0.2, 0) is 6.54 Å². The minimum atomic E-state index is -0.317. The number of hydrogen-bond donors (Lipinski definition) is 1. The molecule has 2 aromatic heterocycles. The normalized spacial score (nSPS) is 11.2. The number of aryl methyl sites for hydroxylation is 1. The van der Waals surface area contributed by atoms with Crippen molar-refractivity contribution >= 4 is 22.4 Å². The summed E-state index contributed by atoms with van der Waals surface area (Å²) in [5.41, 5.74) is 5.06. The summed E-state index contributed by atoms with van der Waals surface area (Å²) < 4.78 is 15.4. The molecular weight excluding hydrogens is 365 g/mol. The van der Waals surface area contributed by atoms with Gasteiger partial charge >= 0.3 is 0 Å². The maximum absolute atomic E-state index is 13.7. The van der Waals surface area contributed by atoms with E-state index in [1.807, 2.05) is 30.3 Å². The maximum Gasteiger partial charge on any atom is 0.186 e. The van der Waals surface area contributed by atoms with Gasteiger partial charge in [-0.3, -0.25) is 0 Å². The Labute approximate surface area is 166 Å². The van der Waals surface area contributed by atoms with Gasteiger partial charge in [-0.05, 0) is 36.8 Å². The molecule has 0 unspecified atom stereocenters. The van der Waals surface area contributed by atoms with E-state index in [1.54, 1.807) is 10.6 Å². The van der Waals surface area contributed by atoms with E-state index in [-0.39, 0.29) is 5.82 Å². The molecule has 5 rings (SSSR count). The largest absolute Gasteiger partial charge is 0.365 e. The Kier molecular flexibility index (Phi) is 4.17.